The van der Waals surface area contributed by atoms with Crippen molar-refractivity contribution in [3.05, 3.63) is 17.0 Å². The lowest BCUT2D eigenvalue weighted by Gasteiger charge is -2.18. The maximum absolute atomic E-state index is 11.8. The molecule has 4 nitrogen and oxygen atoms in total. The lowest BCUT2D eigenvalue weighted by atomic mass is 9.98. The number of aliphatic hydroxyl groups excluding tert-OH is 1. The highest BCUT2D eigenvalue weighted by molar-refractivity contribution is 7.91. The van der Waals surface area contributed by atoms with E-state index in [-0.39, 0.29) is 16.2 Å². The molecule has 1 aromatic heterocycles. The Labute approximate surface area is 100 Å². The van der Waals surface area contributed by atoms with Crippen LogP contribution in [0.2, 0.25) is 0 Å². The molecule has 0 aliphatic heterocycles. The van der Waals surface area contributed by atoms with Crippen molar-refractivity contribution in [2.75, 3.05) is 6.54 Å². The molecule has 0 spiro atoms. The molecule has 0 saturated heterocycles. The number of hydrogen-bond acceptors (Lipinski definition) is 4. The first-order valence-electron chi connectivity index (χ1n) is 4.92. The molecule has 0 atom stereocenters. The average molecular weight is 263 g/mol. The maximum Gasteiger partial charge on any atom is 0.250 e. The number of hydrogen-bond donors (Lipinski definition) is 2. The van der Waals surface area contributed by atoms with Gasteiger partial charge in [-0.05, 0) is 22.4 Å². The minimum atomic E-state index is -3.43. The molecule has 1 rings (SSSR count). The minimum absolute atomic E-state index is 0.0931. The van der Waals surface area contributed by atoms with E-state index in [1.54, 1.807) is 5.38 Å². The highest BCUT2D eigenvalue weighted by Gasteiger charge is 2.19. The van der Waals surface area contributed by atoms with Gasteiger partial charge in [-0.1, -0.05) is 20.8 Å². The van der Waals surface area contributed by atoms with Crippen molar-refractivity contribution < 1.29 is 13.5 Å². The van der Waals surface area contributed by atoms with E-state index in [1.165, 1.54) is 6.07 Å². The van der Waals surface area contributed by atoms with Crippen molar-refractivity contribution in [1.82, 2.24) is 4.72 Å². The second kappa shape index (κ2) is 4.83. The fourth-order valence-electron chi connectivity index (χ4n) is 0.960. The van der Waals surface area contributed by atoms with Gasteiger partial charge in [0.05, 0.1) is 6.61 Å². The Hall–Kier alpha value is -0.430. The molecular formula is C10H17NO3S2. The summed E-state index contributed by atoms with van der Waals surface area (Å²) in [6, 6.07) is 1.50. The zero-order valence-corrected chi connectivity index (χ0v) is 11.3. The van der Waals surface area contributed by atoms with Crippen LogP contribution in [0.25, 0.3) is 0 Å². The van der Waals surface area contributed by atoms with Gasteiger partial charge in [-0.2, -0.15) is 0 Å². The summed E-state index contributed by atoms with van der Waals surface area (Å²) in [4.78, 5) is 0. The zero-order chi connectivity index (χ0) is 12.4. The molecule has 1 heterocycles. The number of nitrogens with one attached hydrogen (secondary N) is 1. The van der Waals surface area contributed by atoms with Gasteiger partial charge in [-0.3, -0.25) is 0 Å². The van der Waals surface area contributed by atoms with Gasteiger partial charge in [-0.15, -0.1) is 11.3 Å². The lowest BCUT2D eigenvalue weighted by Crippen LogP contribution is -2.31. The molecule has 0 aliphatic rings. The van der Waals surface area contributed by atoms with Gasteiger partial charge in [0.1, 0.15) is 4.21 Å². The zero-order valence-electron chi connectivity index (χ0n) is 9.65. The fourth-order valence-corrected chi connectivity index (χ4v) is 3.49. The Morgan fingerprint density at radius 2 is 2.06 bits per heavy atom. The van der Waals surface area contributed by atoms with Crippen LogP contribution >= 0.6 is 11.3 Å². The van der Waals surface area contributed by atoms with Crippen molar-refractivity contribution >= 4 is 21.4 Å². The van der Waals surface area contributed by atoms with Crippen molar-refractivity contribution in [3.63, 3.8) is 0 Å². The van der Waals surface area contributed by atoms with E-state index < -0.39 is 10.0 Å². The molecule has 0 unspecified atom stereocenters. The van der Waals surface area contributed by atoms with Gasteiger partial charge in [0.25, 0.3) is 0 Å². The van der Waals surface area contributed by atoms with Crippen LogP contribution in [0, 0.1) is 5.41 Å². The summed E-state index contributed by atoms with van der Waals surface area (Å²) in [5.41, 5.74) is 0.533. The standard InChI is InChI=1S/C10H17NO3S2/c1-10(2,3)7-11-16(13,14)9-4-8(5-12)6-15-9/h4,6,11-12H,5,7H2,1-3H3. The summed E-state index contributed by atoms with van der Waals surface area (Å²) in [7, 11) is -3.43. The molecule has 0 fully saturated rings. The first-order valence-corrected chi connectivity index (χ1v) is 7.29. The number of rotatable bonds is 4. The highest BCUT2D eigenvalue weighted by atomic mass is 32.2. The third kappa shape index (κ3) is 3.86. The Kier molecular flexibility index (Phi) is 4.12. The summed E-state index contributed by atoms with van der Waals surface area (Å²) >= 11 is 1.12. The Morgan fingerprint density at radius 3 is 2.50 bits per heavy atom. The average Bonchev–Trinajstić information content (AvgIpc) is 2.62. The summed E-state index contributed by atoms with van der Waals surface area (Å²) in [6.45, 7) is 6.14. The van der Waals surface area contributed by atoms with Gasteiger partial charge in [-0.25, -0.2) is 13.1 Å². The molecule has 92 valence electrons. The molecule has 0 bridgehead atoms. The molecule has 0 aliphatic carbocycles. The monoisotopic (exact) mass is 263 g/mol. The van der Waals surface area contributed by atoms with Crippen molar-refractivity contribution in [3.8, 4) is 0 Å². The van der Waals surface area contributed by atoms with Gasteiger partial charge >= 0.3 is 0 Å². The maximum atomic E-state index is 11.8. The quantitative estimate of drug-likeness (QED) is 0.866. The molecule has 0 saturated carbocycles. The highest BCUT2D eigenvalue weighted by Crippen LogP contribution is 2.21. The lowest BCUT2D eigenvalue weighted by molar-refractivity contribution is 0.282. The van der Waals surface area contributed by atoms with Crippen LogP contribution in [-0.2, 0) is 16.6 Å². The summed E-state index contributed by atoms with van der Waals surface area (Å²) in [5, 5.41) is 10.5. The Morgan fingerprint density at radius 1 is 1.44 bits per heavy atom. The van der Waals surface area contributed by atoms with Crippen LogP contribution in [-0.4, -0.2) is 20.1 Å². The van der Waals surface area contributed by atoms with Crippen LogP contribution in [0.3, 0.4) is 0 Å². The van der Waals surface area contributed by atoms with E-state index in [1.807, 2.05) is 20.8 Å². The number of sulfonamides is 1. The van der Waals surface area contributed by atoms with Crippen molar-refractivity contribution in [2.45, 2.75) is 31.6 Å². The van der Waals surface area contributed by atoms with Crippen LogP contribution in [0.1, 0.15) is 26.3 Å². The Bertz CT molecular complexity index is 443. The summed E-state index contributed by atoms with van der Waals surface area (Å²) in [6.07, 6.45) is 0. The van der Waals surface area contributed by atoms with Gasteiger partial charge in [0.15, 0.2) is 0 Å². The predicted molar refractivity (Wildman–Crippen MR) is 64.9 cm³/mol. The Balaban J connectivity index is 2.78. The summed E-state index contributed by atoms with van der Waals surface area (Å²) < 4.78 is 26.5. The van der Waals surface area contributed by atoms with Crippen LogP contribution in [0.4, 0.5) is 0 Å². The summed E-state index contributed by atoms with van der Waals surface area (Å²) in [5.74, 6) is 0. The van der Waals surface area contributed by atoms with E-state index in [0.717, 1.165) is 11.3 Å². The number of aliphatic hydroxyl groups is 1. The van der Waals surface area contributed by atoms with Gasteiger partial charge in [0, 0.05) is 6.54 Å². The topological polar surface area (TPSA) is 66.4 Å². The van der Waals surface area contributed by atoms with Gasteiger partial charge in [0.2, 0.25) is 10.0 Å². The predicted octanol–water partition coefficient (Wildman–Crippen LogP) is 1.56. The van der Waals surface area contributed by atoms with E-state index >= 15 is 0 Å². The third-order valence-electron chi connectivity index (χ3n) is 1.87. The molecule has 2 N–H and O–H groups in total. The van der Waals surface area contributed by atoms with E-state index in [0.29, 0.717) is 12.1 Å². The van der Waals surface area contributed by atoms with Crippen molar-refractivity contribution in [1.29, 1.82) is 0 Å². The smallest absolute Gasteiger partial charge is 0.250 e. The molecule has 0 amide bonds. The molecule has 16 heavy (non-hydrogen) atoms. The third-order valence-corrected chi connectivity index (χ3v) is 4.76. The second-order valence-electron chi connectivity index (χ2n) is 4.82. The second-order valence-corrected chi connectivity index (χ2v) is 7.72. The fraction of sp³-hybridized carbons (Fsp3) is 0.600. The molecule has 1 aromatic rings. The largest absolute Gasteiger partial charge is 0.392 e. The van der Waals surface area contributed by atoms with Crippen LogP contribution in [0.15, 0.2) is 15.7 Å². The molecule has 0 aromatic carbocycles. The SMILES string of the molecule is CC(C)(C)CNS(=O)(=O)c1cc(CO)cs1. The minimum Gasteiger partial charge on any atom is -0.392 e. The van der Waals surface area contributed by atoms with E-state index in [4.69, 9.17) is 5.11 Å². The van der Waals surface area contributed by atoms with E-state index in [2.05, 4.69) is 4.72 Å². The van der Waals surface area contributed by atoms with Crippen molar-refractivity contribution in [2.24, 2.45) is 5.41 Å². The molecular weight excluding hydrogens is 246 g/mol. The van der Waals surface area contributed by atoms with E-state index in [9.17, 15) is 8.42 Å². The van der Waals surface area contributed by atoms with Gasteiger partial charge < -0.3 is 5.11 Å². The normalized spacial score (nSPS) is 13.0. The van der Waals surface area contributed by atoms with Crippen LogP contribution in [0.5, 0.6) is 0 Å². The first-order chi connectivity index (χ1) is 7.24. The van der Waals surface area contributed by atoms with Crippen LogP contribution < -0.4 is 4.72 Å². The molecule has 6 heteroatoms. The molecule has 0 radical (unpaired) electrons. The number of thiophene rings is 1. The first kappa shape index (κ1) is 13.6.